The Kier molecular flexibility index (Phi) is 6.82. The highest BCUT2D eigenvalue weighted by molar-refractivity contribution is 8.00. The third kappa shape index (κ3) is 5.88. The van der Waals surface area contributed by atoms with E-state index < -0.39 is 0 Å². The van der Waals surface area contributed by atoms with E-state index in [1.165, 1.54) is 22.7 Å². The van der Waals surface area contributed by atoms with Gasteiger partial charge < -0.3 is 11.1 Å². The molecule has 0 fully saturated rings. The van der Waals surface area contributed by atoms with Gasteiger partial charge in [0.15, 0.2) is 4.34 Å². The topological polar surface area (TPSA) is 98.0 Å². The molecule has 3 rings (SSSR count). The number of nitrogens with two attached hydrogens (primary N) is 1. The van der Waals surface area contributed by atoms with Crippen LogP contribution in [0, 0.1) is 13.8 Å². The van der Waals surface area contributed by atoms with Crippen molar-refractivity contribution in [2.24, 2.45) is 5.73 Å². The summed E-state index contributed by atoms with van der Waals surface area (Å²) in [5.74, 6) is 0.236. The van der Waals surface area contributed by atoms with Gasteiger partial charge in [0.05, 0.1) is 24.2 Å². The summed E-state index contributed by atoms with van der Waals surface area (Å²) in [5.41, 5.74) is 8.95. The van der Waals surface area contributed by atoms with Crippen molar-refractivity contribution in [3.63, 3.8) is 0 Å². The Morgan fingerprint density at radius 2 is 1.89 bits per heavy atom. The number of thioether (sulfide) groups is 1. The molecule has 0 saturated heterocycles. The van der Waals surface area contributed by atoms with E-state index >= 15 is 0 Å². The molecule has 0 bridgehead atoms. The van der Waals surface area contributed by atoms with Gasteiger partial charge in [-0.15, -0.1) is 22.7 Å². The number of amides is 2. The molecule has 0 radical (unpaired) electrons. The fraction of sp³-hybridized carbons (Fsp3) is 0.263. The van der Waals surface area contributed by atoms with Crippen molar-refractivity contribution in [3.8, 4) is 0 Å². The maximum atomic E-state index is 12.2. The van der Waals surface area contributed by atoms with Crippen LogP contribution in [0.5, 0.6) is 0 Å². The van der Waals surface area contributed by atoms with E-state index in [4.69, 9.17) is 5.73 Å². The molecule has 9 heteroatoms. The molecule has 0 aliphatic carbocycles. The Balaban J connectivity index is 1.52. The predicted octanol–water partition coefficient (Wildman–Crippen LogP) is 3.72. The molecule has 6 nitrogen and oxygen atoms in total. The molecular formula is C19H20N4O2S3. The average molecular weight is 433 g/mol. The van der Waals surface area contributed by atoms with Crippen LogP contribution in [0.15, 0.2) is 34.0 Å². The monoisotopic (exact) mass is 432 g/mol. The summed E-state index contributed by atoms with van der Waals surface area (Å²) in [6.07, 6.45) is 0.476. The number of aryl methyl sites for hydroxylation is 2. The van der Waals surface area contributed by atoms with Crippen molar-refractivity contribution in [3.05, 3.63) is 56.5 Å². The van der Waals surface area contributed by atoms with Crippen LogP contribution in [0.3, 0.4) is 0 Å². The van der Waals surface area contributed by atoms with E-state index in [1.807, 2.05) is 43.5 Å². The first-order valence-electron chi connectivity index (χ1n) is 8.56. The number of anilines is 1. The maximum absolute atomic E-state index is 12.2. The normalized spacial score (nSPS) is 10.8. The van der Waals surface area contributed by atoms with E-state index in [0.717, 1.165) is 36.9 Å². The highest BCUT2D eigenvalue weighted by Crippen LogP contribution is 2.30. The lowest BCUT2D eigenvalue weighted by Crippen LogP contribution is -2.14. The van der Waals surface area contributed by atoms with Gasteiger partial charge in [0.25, 0.3) is 0 Å². The van der Waals surface area contributed by atoms with Gasteiger partial charge in [0.2, 0.25) is 11.8 Å². The number of hydrogen-bond donors (Lipinski definition) is 2. The highest BCUT2D eigenvalue weighted by Gasteiger charge is 2.12. The third-order valence-electron chi connectivity index (χ3n) is 3.80. The minimum absolute atomic E-state index is 0.0796. The van der Waals surface area contributed by atoms with Gasteiger partial charge in [0, 0.05) is 21.7 Å². The SMILES string of the molecule is Cc1ccc(NC(=O)Cc2nc(CSc3nc(C)c(CC(N)=O)s3)cs2)cc1. The molecule has 2 heterocycles. The van der Waals surface area contributed by atoms with Crippen LogP contribution in [0.25, 0.3) is 0 Å². The largest absolute Gasteiger partial charge is 0.369 e. The summed E-state index contributed by atoms with van der Waals surface area (Å²) in [7, 11) is 0. The van der Waals surface area contributed by atoms with Crippen molar-refractivity contribution in [1.82, 2.24) is 9.97 Å². The van der Waals surface area contributed by atoms with Crippen molar-refractivity contribution < 1.29 is 9.59 Å². The van der Waals surface area contributed by atoms with Crippen LogP contribution in [-0.2, 0) is 28.2 Å². The van der Waals surface area contributed by atoms with Gasteiger partial charge in [0.1, 0.15) is 5.01 Å². The Morgan fingerprint density at radius 3 is 2.61 bits per heavy atom. The smallest absolute Gasteiger partial charge is 0.231 e. The van der Waals surface area contributed by atoms with E-state index in [9.17, 15) is 9.59 Å². The zero-order valence-electron chi connectivity index (χ0n) is 15.5. The first-order valence-corrected chi connectivity index (χ1v) is 11.2. The van der Waals surface area contributed by atoms with Gasteiger partial charge >= 0.3 is 0 Å². The molecule has 146 valence electrons. The third-order valence-corrected chi connectivity index (χ3v) is 7.03. The number of thiazole rings is 2. The Labute approximate surface area is 175 Å². The van der Waals surface area contributed by atoms with Gasteiger partial charge in [-0.3, -0.25) is 9.59 Å². The predicted molar refractivity (Wildman–Crippen MR) is 115 cm³/mol. The number of nitrogens with zero attached hydrogens (tertiary/aromatic N) is 2. The van der Waals surface area contributed by atoms with E-state index in [1.54, 1.807) is 11.8 Å². The molecule has 0 saturated carbocycles. The fourth-order valence-corrected chi connectivity index (χ4v) is 5.43. The number of nitrogens with one attached hydrogen (secondary N) is 1. The molecule has 1 aromatic carbocycles. The van der Waals surface area contributed by atoms with Gasteiger partial charge in [-0.1, -0.05) is 29.5 Å². The van der Waals surface area contributed by atoms with Crippen LogP contribution in [0.2, 0.25) is 0 Å². The van der Waals surface area contributed by atoms with Crippen molar-refractivity contribution in [2.75, 3.05) is 5.32 Å². The molecular weight excluding hydrogens is 412 g/mol. The number of aromatic nitrogens is 2. The molecule has 3 aromatic rings. The molecule has 28 heavy (non-hydrogen) atoms. The second-order valence-corrected chi connectivity index (χ2v) is 9.49. The molecule has 0 unspecified atom stereocenters. The summed E-state index contributed by atoms with van der Waals surface area (Å²) >= 11 is 4.54. The summed E-state index contributed by atoms with van der Waals surface area (Å²) < 4.78 is 0.889. The second-order valence-electron chi connectivity index (χ2n) is 6.24. The van der Waals surface area contributed by atoms with E-state index in [0.29, 0.717) is 5.75 Å². The molecule has 0 aliphatic rings. The fourth-order valence-electron chi connectivity index (χ4n) is 2.40. The lowest BCUT2D eigenvalue weighted by molar-refractivity contribution is -0.117. The molecule has 3 N–H and O–H groups in total. The summed E-state index contributed by atoms with van der Waals surface area (Å²) in [6, 6.07) is 7.70. The van der Waals surface area contributed by atoms with Crippen molar-refractivity contribution in [2.45, 2.75) is 36.8 Å². The number of primary amides is 1. The molecule has 2 aromatic heterocycles. The minimum Gasteiger partial charge on any atom is -0.369 e. The van der Waals surface area contributed by atoms with Gasteiger partial charge in [-0.2, -0.15) is 0 Å². The Hall–Kier alpha value is -2.23. The average Bonchev–Trinajstić information content (AvgIpc) is 3.21. The number of benzene rings is 1. The highest BCUT2D eigenvalue weighted by atomic mass is 32.2. The van der Waals surface area contributed by atoms with Crippen molar-refractivity contribution >= 4 is 51.9 Å². The summed E-state index contributed by atoms with van der Waals surface area (Å²) in [4.78, 5) is 33.2. The molecule has 0 spiro atoms. The molecule has 0 atom stereocenters. The Bertz CT molecular complexity index is 979. The first-order chi connectivity index (χ1) is 13.4. The quantitative estimate of drug-likeness (QED) is 0.529. The zero-order chi connectivity index (χ0) is 20.1. The second kappa shape index (κ2) is 9.31. The lowest BCUT2D eigenvalue weighted by Gasteiger charge is -2.04. The number of hydrogen-bond acceptors (Lipinski definition) is 7. The standard InChI is InChI=1S/C19H20N4O2S3/c1-11-3-5-13(6-4-11)22-17(25)8-18-23-14(9-26-18)10-27-19-21-12(2)15(28-19)7-16(20)24/h3-6,9H,7-8,10H2,1-2H3,(H2,20,24)(H,22,25). The maximum Gasteiger partial charge on any atom is 0.231 e. The van der Waals surface area contributed by atoms with Gasteiger partial charge in [-0.25, -0.2) is 9.97 Å². The van der Waals surface area contributed by atoms with Crippen LogP contribution in [0.4, 0.5) is 5.69 Å². The van der Waals surface area contributed by atoms with Crippen LogP contribution < -0.4 is 11.1 Å². The zero-order valence-corrected chi connectivity index (χ0v) is 18.0. The minimum atomic E-state index is -0.351. The van der Waals surface area contributed by atoms with Gasteiger partial charge in [-0.05, 0) is 26.0 Å². The summed E-state index contributed by atoms with van der Waals surface area (Å²) in [6.45, 7) is 3.89. The van der Waals surface area contributed by atoms with Crippen LogP contribution in [0.1, 0.15) is 26.8 Å². The molecule has 2 amide bonds. The number of carbonyl (C=O) groups excluding carboxylic acids is 2. The summed E-state index contributed by atoms with van der Waals surface area (Å²) in [5, 5.41) is 5.63. The lowest BCUT2D eigenvalue weighted by atomic mass is 10.2. The van der Waals surface area contributed by atoms with E-state index in [-0.39, 0.29) is 24.7 Å². The van der Waals surface area contributed by atoms with Crippen LogP contribution >= 0.6 is 34.4 Å². The number of rotatable bonds is 8. The first kappa shape index (κ1) is 20.5. The Morgan fingerprint density at radius 1 is 1.14 bits per heavy atom. The van der Waals surface area contributed by atoms with Crippen molar-refractivity contribution in [1.29, 1.82) is 0 Å². The molecule has 0 aliphatic heterocycles. The number of carbonyl (C=O) groups is 2. The van der Waals surface area contributed by atoms with E-state index in [2.05, 4.69) is 15.3 Å². The van der Waals surface area contributed by atoms with Crippen LogP contribution in [-0.4, -0.2) is 21.8 Å².